The molecular weight excluding hydrogens is 336 g/mol. The number of fused-ring (bicyclic) bond motifs is 1. The highest BCUT2D eigenvalue weighted by Crippen LogP contribution is 2.32. The molecule has 20 heavy (non-hydrogen) atoms. The van der Waals surface area contributed by atoms with E-state index in [-0.39, 0.29) is 5.92 Å². The van der Waals surface area contributed by atoms with Crippen LogP contribution in [-0.2, 0) is 4.79 Å². The molecule has 0 saturated carbocycles. The lowest BCUT2D eigenvalue weighted by atomic mass is 9.92. The summed E-state index contributed by atoms with van der Waals surface area (Å²) in [5, 5.41) is 3.48. The quantitative estimate of drug-likeness (QED) is 0.882. The number of hydrogen-bond acceptors (Lipinski definition) is 3. The smallest absolute Gasteiger partial charge is 0.230 e. The van der Waals surface area contributed by atoms with Gasteiger partial charge in [-0.2, -0.15) is 0 Å². The molecule has 3 nitrogen and oxygen atoms in total. The van der Waals surface area contributed by atoms with E-state index in [1.807, 2.05) is 13.0 Å². The molecule has 1 N–H and O–H groups in total. The number of carbonyl (C=O) groups excluding carboxylic acids is 1. The summed E-state index contributed by atoms with van der Waals surface area (Å²) in [7, 11) is 0. The van der Waals surface area contributed by atoms with E-state index < -0.39 is 0 Å². The number of hydrogen-bond donors (Lipinski definition) is 1. The summed E-state index contributed by atoms with van der Waals surface area (Å²) >= 11 is 5.15. The van der Waals surface area contributed by atoms with Crippen molar-refractivity contribution in [3.63, 3.8) is 0 Å². The average Bonchev–Trinajstić information content (AvgIpc) is 3.02. The van der Waals surface area contributed by atoms with Crippen LogP contribution in [-0.4, -0.2) is 37.0 Å². The van der Waals surface area contributed by atoms with Gasteiger partial charge in [0.15, 0.2) is 0 Å². The number of nitrogens with one attached hydrogen (secondary N) is 1. The Morgan fingerprint density at radius 2 is 2.00 bits per heavy atom. The summed E-state index contributed by atoms with van der Waals surface area (Å²) in [6.07, 6.45) is 2.31. The molecule has 110 valence electrons. The van der Waals surface area contributed by atoms with Gasteiger partial charge in [-0.05, 0) is 72.8 Å². The first-order valence-electron chi connectivity index (χ1n) is 7.40. The van der Waals surface area contributed by atoms with Crippen molar-refractivity contribution in [1.82, 2.24) is 10.2 Å². The van der Waals surface area contributed by atoms with Crippen molar-refractivity contribution in [2.45, 2.75) is 25.7 Å². The molecular formula is C15H21BrN2OS. The first kappa shape index (κ1) is 14.5. The zero-order chi connectivity index (χ0) is 14.1. The van der Waals surface area contributed by atoms with Crippen LogP contribution in [0, 0.1) is 11.8 Å². The Kier molecular flexibility index (Phi) is 4.48. The second-order valence-electron chi connectivity index (χ2n) is 5.94. The number of likely N-dealkylation sites (tertiary alicyclic amines) is 1. The molecule has 0 bridgehead atoms. The van der Waals surface area contributed by atoms with Crippen LogP contribution in [0.15, 0.2) is 15.9 Å². The van der Waals surface area contributed by atoms with Gasteiger partial charge in [0, 0.05) is 18.0 Å². The zero-order valence-corrected chi connectivity index (χ0v) is 14.2. The Balaban J connectivity index is 1.65. The van der Waals surface area contributed by atoms with Crippen LogP contribution in [0.5, 0.6) is 0 Å². The van der Waals surface area contributed by atoms with E-state index in [0.29, 0.717) is 5.91 Å². The van der Waals surface area contributed by atoms with Crippen LogP contribution < -0.4 is 5.32 Å². The summed E-state index contributed by atoms with van der Waals surface area (Å²) in [6, 6.07) is 4.09. The van der Waals surface area contributed by atoms with Crippen LogP contribution in [0.25, 0.3) is 0 Å². The maximum atomic E-state index is 12.7. The van der Waals surface area contributed by atoms with Gasteiger partial charge < -0.3 is 10.2 Å². The Bertz CT molecular complexity index is 476. The lowest BCUT2D eigenvalue weighted by molar-refractivity contribution is -0.132. The number of nitrogens with zero attached hydrogens (tertiary/aromatic N) is 1. The van der Waals surface area contributed by atoms with Crippen molar-refractivity contribution in [2.75, 3.05) is 26.2 Å². The van der Waals surface area contributed by atoms with Gasteiger partial charge in [-0.25, -0.2) is 0 Å². The number of halogens is 1. The third kappa shape index (κ3) is 2.95. The van der Waals surface area contributed by atoms with Crippen molar-refractivity contribution >= 4 is 33.2 Å². The van der Waals surface area contributed by atoms with E-state index in [0.717, 1.165) is 59.5 Å². The second-order valence-corrected chi connectivity index (χ2v) is 8.44. The van der Waals surface area contributed by atoms with Crippen molar-refractivity contribution in [1.29, 1.82) is 0 Å². The third-order valence-corrected chi connectivity index (χ3v) is 6.53. The molecule has 1 aromatic heterocycles. The van der Waals surface area contributed by atoms with Gasteiger partial charge in [0.1, 0.15) is 0 Å². The summed E-state index contributed by atoms with van der Waals surface area (Å²) < 4.78 is 1.10. The fraction of sp³-hybridized carbons (Fsp3) is 0.667. The largest absolute Gasteiger partial charge is 0.342 e. The molecule has 1 unspecified atom stereocenters. The van der Waals surface area contributed by atoms with Gasteiger partial charge in [0.25, 0.3) is 0 Å². The highest BCUT2D eigenvalue weighted by molar-refractivity contribution is 9.11. The normalized spacial score (nSPS) is 28.0. The molecule has 0 spiro atoms. The molecule has 1 amide bonds. The van der Waals surface area contributed by atoms with E-state index in [1.54, 1.807) is 11.3 Å². The fourth-order valence-corrected chi connectivity index (χ4v) is 4.86. The highest BCUT2D eigenvalue weighted by Gasteiger charge is 2.32. The lowest BCUT2D eigenvalue weighted by Crippen LogP contribution is -2.35. The van der Waals surface area contributed by atoms with Crippen LogP contribution >= 0.6 is 27.3 Å². The van der Waals surface area contributed by atoms with Gasteiger partial charge in [-0.15, -0.1) is 11.3 Å². The van der Waals surface area contributed by atoms with Crippen LogP contribution in [0.2, 0.25) is 0 Å². The molecule has 5 heteroatoms. The van der Waals surface area contributed by atoms with Crippen molar-refractivity contribution in [2.24, 2.45) is 11.8 Å². The molecule has 2 aliphatic rings. The fourth-order valence-electron chi connectivity index (χ4n) is 3.40. The molecule has 0 aromatic carbocycles. The molecule has 3 atom stereocenters. The number of carbonyl (C=O) groups is 1. The van der Waals surface area contributed by atoms with Gasteiger partial charge >= 0.3 is 0 Å². The van der Waals surface area contributed by atoms with Crippen molar-refractivity contribution in [3.8, 4) is 0 Å². The van der Waals surface area contributed by atoms with Gasteiger partial charge in [-0.1, -0.05) is 0 Å². The summed E-state index contributed by atoms with van der Waals surface area (Å²) in [4.78, 5) is 15.9. The van der Waals surface area contributed by atoms with E-state index in [1.165, 1.54) is 0 Å². The maximum absolute atomic E-state index is 12.7. The number of rotatable bonds is 2. The Morgan fingerprint density at radius 3 is 2.55 bits per heavy atom. The standard InChI is InChI=1S/C15H21BrN2OS/c1-10(13-2-3-14(16)20-13)15(19)18-6-4-11-8-17-9-12(11)5-7-18/h2-3,10-12,17H,4-9H2,1H3/t10?,11-,12+. The maximum Gasteiger partial charge on any atom is 0.230 e. The topological polar surface area (TPSA) is 32.3 Å². The minimum absolute atomic E-state index is 0.0117. The molecule has 2 saturated heterocycles. The molecule has 1 aromatic rings. The second kappa shape index (κ2) is 6.16. The Hall–Kier alpha value is -0.390. The summed E-state index contributed by atoms with van der Waals surface area (Å²) in [5.41, 5.74) is 0. The minimum atomic E-state index is -0.0117. The van der Waals surface area contributed by atoms with Gasteiger partial charge in [-0.3, -0.25) is 4.79 Å². The SMILES string of the molecule is CC(C(=O)N1CC[C@@H]2CNC[C@@H]2CC1)c1ccc(Br)s1. The van der Waals surface area contributed by atoms with Crippen molar-refractivity contribution in [3.05, 3.63) is 20.8 Å². The average molecular weight is 357 g/mol. The number of thiophene rings is 1. The first-order chi connectivity index (χ1) is 9.65. The van der Waals surface area contributed by atoms with Gasteiger partial charge in [0.2, 0.25) is 5.91 Å². The van der Waals surface area contributed by atoms with Gasteiger partial charge in [0.05, 0.1) is 9.70 Å². The minimum Gasteiger partial charge on any atom is -0.342 e. The van der Waals surface area contributed by atoms with E-state index >= 15 is 0 Å². The van der Waals surface area contributed by atoms with E-state index in [2.05, 4.69) is 32.2 Å². The Morgan fingerprint density at radius 1 is 1.35 bits per heavy atom. The molecule has 2 aliphatic heterocycles. The Labute approximate surface area is 132 Å². The molecule has 3 rings (SSSR count). The van der Waals surface area contributed by atoms with Crippen LogP contribution in [0.1, 0.15) is 30.6 Å². The summed E-state index contributed by atoms with van der Waals surface area (Å²) in [5.74, 6) is 1.84. The third-order valence-electron chi connectivity index (χ3n) is 4.72. The molecule has 2 fully saturated rings. The number of amides is 1. The van der Waals surface area contributed by atoms with E-state index in [4.69, 9.17) is 0 Å². The predicted molar refractivity (Wildman–Crippen MR) is 86.1 cm³/mol. The molecule has 0 aliphatic carbocycles. The predicted octanol–water partition coefficient (Wildman–Crippen LogP) is 3.07. The zero-order valence-electron chi connectivity index (χ0n) is 11.8. The molecule has 3 heterocycles. The first-order valence-corrected chi connectivity index (χ1v) is 9.01. The molecule has 0 radical (unpaired) electrons. The lowest BCUT2D eigenvalue weighted by Gasteiger charge is -2.24. The highest BCUT2D eigenvalue weighted by atomic mass is 79.9. The van der Waals surface area contributed by atoms with Crippen molar-refractivity contribution < 1.29 is 4.79 Å². The van der Waals surface area contributed by atoms with Crippen LogP contribution in [0.3, 0.4) is 0 Å². The monoisotopic (exact) mass is 356 g/mol. The van der Waals surface area contributed by atoms with E-state index in [9.17, 15) is 4.79 Å². The summed E-state index contributed by atoms with van der Waals surface area (Å²) in [6.45, 7) is 6.17. The van der Waals surface area contributed by atoms with Crippen LogP contribution in [0.4, 0.5) is 0 Å².